The second kappa shape index (κ2) is 8.82. The van der Waals surface area contributed by atoms with Crippen LogP contribution in [0.1, 0.15) is 12.5 Å². The number of nitrogens with zero attached hydrogens (tertiary/aromatic N) is 3. The van der Waals surface area contributed by atoms with E-state index in [0.29, 0.717) is 32.1 Å². The zero-order valence-electron chi connectivity index (χ0n) is 14.2. The summed E-state index contributed by atoms with van der Waals surface area (Å²) in [6.45, 7) is 4.34. The predicted octanol–water partition coefficient (Wildman–Crippen LogP) is 2.43. The summed E-state index contributed by atoms with van der Waals surface area (Å²) in [5.74, 6) is 1.51. The van der Waals surface area contributed by atoms with Gasteiger partial charge in [-0.2, -0.15) is 0 Å². The van der Waals surface area contributed by atoms with Gasteiger partial charge in [0.15, 0.2) is 0 Å². The van der Waals surface area contributed by atoms with Crippen molar-refractivity contribution in [1.29, 1.82) is 0 Å². The number of amides is 1. The number of anilines is 1. The van der Waals surface area contributed by atoms with Crippen molar-refractivity contribution in [2.75, 3.05) is 31.6 Å². The van der Waals surface area contributed by atoms with Crippen molar-refractivity contribution in [3.8, 4) is 0 Å². The Labute approximate surface area is 152 Å². The van der Waals surface area contributed by atoms with Crippen LogP contribution in [0.2, 0.25) is 0 Å². The smallest absolute Gasteiger partial charge is 0.244 e. The highest BCUT2D eigenvalue weighted by Gasteiger charge is 2.22. The van der Waals surface area contributed by atoms with Gasteiger partial charge in [-0.25, -0.2) is 4.98 Å². The molecule has 6 nitrogen and oxygen atoms in total. The lowest BCUT2D eigenvalue weighted by atomic mass is 10.2. The molecule has 1 N–H and O–H groups in total. The minimum Gasteiger partial charge on any atom is -0.378 e. The molecule has 0 saturated carbocycles. The van der Waals surface area contributed by atoms with Gasteiger partial charge in [-0.1, -0.05) is 30.3 Å². The van der Waals surface area contributed by atoms with Crippen LogP contribution in [0.4, 0.5) is 5.82 Å². The van der Waals surface area contributed by atoms with Crippen molar-refractivity contribution in [3.05, 3.63) is 48.3 Å². The highest BCUT2D eigenvalue weighted by molar-refractivity contribution is 7.98. The van der Waals surface area contributed by atoms with Crippen LogP contribution in [0.3, 0.4) is 0 Å². The van der Waals surface area contributed by atoms with E-state index >= 15 is 0 Å². The quantitative estimate of drug-likeness (QED) is 0.800. The van der Waals surface area contributed by atoms with Gasteiger partial charge in [0, 0.05) is 18.8 Å². The molecule has 25 heavy (non-hydrogen) atoms. The maximum Gasteiger partial charge on any atom is 0.244 e. The second-order valence-corrected chi connectivity index (χ2v) is 6.82. The van der Waals surface area contributed by atoms with Crippen LogP contribution in [0, 0.1) is 0 Å². The summed E-state index contributed by atoms with van der Waals surface area (Å²) < 4.78 is 5.29. The van der Waals surface area contributed by atoms with Crippen LogP contribution in [-0.2, 0) is 15.3 Å². The molecule has 7 heteroatoms. The Morgan fingerprint density at radius 3 is 2.80 bits per heavy atom. The fourth-order valence-corrected chi connectivity index (χ4v) is 3.37. The molecule has 1 saturated heterocycles. The highest BCUT2D eigenvalue weighted by Crippen LogP contribution is 2.21. The first-order chi connectivity index (χ1) is 12.2. The lowest BCUT2D eigenvalue weighted by Crippen LogP contribution is -2.47. The molecule has 0 radical (unpaired) electrons. The Balaban J connectivity index is 1.56. The molecule has 0 spiro atoms. The summed E-state index contributed by atoms with van der Waals surface area (Å²) in [7, 11) is 0. The number of thioether (sulfide) groups is 1. The number of nitrogens with one attached hydrogen (secondary N) is 1. The Morgan fingerprint density at radius 1 is 1.28 bits per heavy atom. The fourth-order valence-electron chi connectivity index (χ4n) is 2.56. The topological polar surface area (TPSA) is 67.4 Å². The molecule has 1 aromatic carbocycles. The molecule has 132 valence electrons. The van der Waals surface area contributed by atoms with Crippen molar-refractivity contribution < 1.29 is 9.53 Å². The number of benzene rings is 1. The Hall–Kier alpha value is -2.12. The number of aromatic nitrogens is 2. The molecule has 1 unspecified atom stereocenters. The van der Waals surface area contributed by atoms with Gasteiger partial charge in [0.25, 0.3) is 0 Å². The Bertz CT molecular complexity index is 692. The molecule has 1 aliphatic rings. The van der Waals surface area contributed by atoms with E-state index in [-0.39, 0.29) is 11.9 Å². The molecule has 0 bridgehead atoms. The minimum absolute atomic E-state index is 0.0624. The summed E-state index contributed by atoms with van der Waals surface area (Å²) in [5, 5.41) is 3.99. The van der Waals surface area contributed by atoms with E-state index in [2.05, 4.69) is 27.4 Å². The molecule has 2 heterocycles. The number of rotatable bonds is 6. The number of hydrogen-bond acceptors (Lipinski definition) is 6. The largest absolute Gasteiger partial charge is 0.378 e. The number of carbonyl (C=O) groups excluding carboxylic acids is 1. The van der Waals surface area contributed by atoms with E-state index in [9.17, 15) is 4.79 Å². The second-order valence-electron chi connectivity index (χ2n) is 5.82. The van der Waals surface area contributed by atoms with Gasteiger partial charge in [-0.15, -0.1) is 11.8 Å². The van der Waals surface area contributed by atoms with Crippen molar-refractivity contribution >= 4 is 23.5 Å². The van der Waals surface area contributed by atoms with Crippen molar-refractivity contribution in [2.45, 2.75) is 23.7 Å². The average Bonchev–Trinajstić information content (AvgIpc) is 2.67. The molecule has 1 amide bonds. The van der Waals surface area contributed by atoms with Gasteiger partial charge in [0.2, 0.25) is 5.91 Å². The van der Waals surface area contributed by atoms with Crippen LogP contribution in [-0.4, -0.2) is 53.1 Å². The Kier molecular flexibility index (Phi) is 6.25. The van der Waals surface area contributed by atoms with Gasteiger partial charge < -0.3 is 15.0 Å². The standard InChI is InChI=1S/C18H22N4O2S/c1-14(18(23)22-7-9-24-10-8-22)20-16-11-19-12-17(21-16)25-13-15-5-3-2-4-6-15/h2-6,11-12,14H,7-10,13H2,1H3,(H,20,21). The highest BCUT2D eigenvalue weighted by atomic mass is 32.2. The molecular weight excluding hydrogens is 336 g/mol. The van der Waals surface area contributed by atoms with Crippen molar-refractivity contribution in [3.63, 3.8) is 0 Å². The monoisotopic (exact) mass is 358 g/mol. The minimum atomic E-state index is -0.346. The van der Waals surface area contributed by atoms with E-state index in [4.69, 9.17) is 4.74 Å². The molecule has 1 fully saturated rings. The molecule has 0 aliphatic carbocycles. The first kappa shape index (κ1) is 17.7. The summed E-state index contributed by atoms with van der Waals surface area (Å²) in [5.41, 5.74) is 1.24. The zero-order chi connectivity index (χ0) is 17.5. The third kappa shape index (κ3) is 5.17. The molecule has 1 aromatic heterocycles. The number of ether oxygens (including phenoxy) is 1. The van der Waals surface area contributed by atoms with E-state index in [1.165, 1.54) is 5.56 Å². The zero-order valence-corrected chi connectivity index (χ0v) is 15.0. The van der Waals surface area contributed by atoms with E-state index in [1.807, 2.05) is 30.0 Å². The van der Waals surface area contributed by atoms with Crippen LogP contribution in [0.15, 0.2) is 47.8 Å². The summed E-state index contributed by atoms with van der Waals surface area (Å²) in [4.78, 5) is 23.1. The normalized spacial score (nSPS) is 15.6. The van der Waals surface area contributed by atoms with Crippen LogP contribution in [0.5, 0.6) is 0 Å². The molecule has 1 atom stereocenters. The van der Waals surface area contributed by atoms with Crippen molar-refractivity contribution in [2.24, 2.45) is 0 Å². The van der Waals surface area contributed by atoms with Gasteiger partial charge >= 0.3 is 0 Å². The number of hydrogen-bond donors (Lipinski definition) is 1. The average molecular weight is 358 g/mol. The van der Waals surface area contributed by atoms with E-state index in [1.54, 1.807) is 24.2 Å². The van der Waals surface area contributed by atoms with Gasteiger partial charge in [-0.05, 0) is 12.5 Å². The van der Waals surface area contributed by atoms with Gasteiger partial charge in [-0.3, -0.25) is 9.78 Å². The van der Waals surface area contributed by atoms with Crippen LogP contribution in [0.25, 0.3) is 0 Å². The fraction of sp³-hybridized carbons (Fsp3) is 0.389. The lowest BCUT2D eigenvalue weighted by Gasteiger charge is -2.29. The summed E-state index contributed by atoms with van der Waals surface area (Å²) in [6.07, 6.45) is 3.39. The van der Waals surface area contributed by atoms with E-state index in [0.717, 1.165) is 10.8 Å². The molecule has 3 rings (SSSR count). The van der Waals surface area contributed by atoms with Gasteiger partial charge in [0.1, 0.15) is 16.9 Å². The number of morpholine rings is 1. The van der Waals surface area contributed by atoms with Crippen LogP contribution >= 0.6 is 11.8 Å². The SMILES string of the molecule is CC(Nc1cncc(SCc2ccccc2)n1)C(=O)N1CCOCC1. The third-order valence-electron chi connectivity index (χ3n) is 3.90. The first-order valence-corrected chi connectivity index (χ1v) is 9.33. The maximum absolute atomic E-state index is 12.5. The Morgan fingerprint density at radius 2 is 2.04 bits per heavy atom. The summed E-state index contributed by atoms with van der Waals surface area (Å²) >= 11 is 1.63. The predicted molar refractivity (Wildman–Crippen MR) is 98.5 cm³/mol. The third-order valence-corrected chi connectivity index (χ3v) is 4.87. The first-order valence-electron chi connectivity index (χ1n) is 8.34. The molecule has 2 aromatic rings. The maximum atomic E-state index is 12.5. The van der Waals surface area contributed by atoms with Crippen LogP contribution < -0.4 is 5.32 Å². The lowest BCUT2D eigenvalue weighted by molar-refractivity contribution is -0.135. The molecular formula is C18H22N4O2S. The van der Waals surface area contributed by atoms with E-state index < -0.39 is 0 Å². The molecule has 1 aliphatic heterocycles. The summed E-state index contributed by atoms with van der Waals surface area (Å²) in [6, 6.07) is 9.89. The van der Waals surface area contributed by atoms with Crippen molar-refractivity contribution in [1.82, 2.24) is 14.9 Å². The number of carbonyl (C=O) groups is 1. The van der Waals surface area contributed by atoms with Gasteiger partial charge in [0.05, 0.1) is 25.6 Å².